The summed E-state index contributed by atoms with van der Waals surface area (Å²) in [4.78, 5) is 7.83. The molecule has 0 aliphatic carbocycles. The van der Waals surface area contributed by atoms with Crippen molar-refractivity contribution in [2.24, 2.45) is 0 Å². The minimum atomic E-state index is 0.379. The van der Waals surface area contributed by atoms with Crippen LogP contribution in [0.15, 0.2) is 36.5 Å². The zero-order chi connectivity index (χ0) is 15.1. The molecular formula is C16H19N5S. The summed E-state index contributed by atoms with van der Waals surface area (Å²) < 4.78 is 1.86. The molecule has 0 amide bonds. The molecule has 1 aromatic carbocycles. The van der Waals surface area contributed by atoms with Crippen LogP contribution < -0.4 is 5.32 Å². The summed E-state index contributed by atoms with van der Waals surface area (Å²) in [5.74, 6) is 0. The van der Waals surface area contributed by atoms with Gasteiger partial charge in [-0.2, -0.15) is 0 Å². The molecule has 0 radical (unpaired) electrons. The van der Waals surface area contributed by atoms with Crippen molar-refractivity contribution in [3.63, 3.8) is 0 Å². The van der Waals surface area contributed by atoms with Crippen LogP contribution in [0.1, 0.15) is 23.7 Å². The number of nitrogens with zero attached hydrogens (tertiary/aromatic N) is 4. The van der Waals surface area contributed by atoms with E-state index in [4.69, 9.17) is 0 Å². The largest absolute Gasteiger partial charge is 0.355 e. The number of fused-ring (bicyclic) bond motifs is 1. The maximum absolute atomic E-state index is 4.59. The number of nitrogens with one attached hydrogen (secondary N) is 1. The number of likely N-dealkylation sites (N-methyl/N-ethyl adjacent to an activating group) is 1. The molecule has 3 heterocycles. The van der Waals surface area contributed by atoms with Crippen LogP contribution in [0.2, 0.25) is 0 Å². The Bertz CT molecular complexity index is 747. The van der Waals surface area contributed by atoms with Gasteiger partial charge < -0.3 is 5.32 Å². The predicted octanol–water partition coefficient (Wildman–Crippen LogP) is 2.96. The smallest absolute Gasteiger partial charge is 0.214 e. The summed E-state index contributed by atoms with van der Waals surface area (Å²) in [7, 11) is 2.19. The normalized spacial score (nSPS) is 22.5. The van der Waals surface area contributed by atoms with Gasteiger partial charge in [-0.25, -0.2) is 9.50 Å². The van der Waals surface area contributed by atoms with Crippen LogP contribution in [-0.2, 0) is 0 Å². The number of aromatic nitrogens is 3. The lowest BCUT2D eigenvalue weighted by Gasteiger charge is -2.25. The molecule has 4 rings (SSSR count). The fourth-order valence-corrected chi connectivity index (χ4v) is 4.15. The Morgan fingerprint density at radius 2 is 2.09 bits per heavy atom. The molecule has 5 nitrogen and oxygen atoms in total. The first-order chi connectivity index (χ1) is 10.7. The SMILES string of the molecule is Cc1cn2nc(NC3CCN(C)C3c3ccccc3)sc2n1. The molecule has 2 aromatic heterocycles. The van der Waals surface area contributed by atoms with Gasteiger partial charge in [-0.3, -0.25) is 4.90 Å². The van der Waals surface area contributed by atoms with Gasteiger partial charge in [-0.05, 0) is 26.0 Å². The van der Waals surface area contributed by atoms with E-state index in [1.807, 2.05) is 17.6 Å². The highest BCUT2D eigenvalue weighted by molar-refractivity contribution is 7.20. The monoisotopic (exact) mass is 313 g/mol. The number of rotatable bonds is 3. The minimum Gasteiger partial charge on any atom is -0.355 e. The standard InChI is InChI=1S/C16H19N5S/c1-11-10-21-16(17-11)22-15(19-21)18-13-8-9-20(2)14(13)12-6-4-3-5-7-12/h3-7,10,13-14H,8-9H2,1-2H3,(H,18,19). The van der Waals surface area contributed by atoms with Gasteiger partial charge in [0.15, 0.2) is 0 Å². The van der Waals surface area contributed by atoms with Crippen molar-refractivity contribution in [2.75, 3.05) is 18.9 Å². The molecular weight excluding hydrogens is 294 g/mol. The fraction of sp³-hybridized carbons (Fsp3) is 0.375. The van der Waals surface area contributed by atoms with E-state index in [1.54, 1.807) is 11.3 Å². The summed E-state index contributed by atoms with van der Waals surface area (Å²) in [6, 6.07) is 11.5. The number of hydrogen-bond donors (Lipinski definition) is 1. The van der Waals surface area contributed by atoms with Gasteiger partial charge in [0.2, 0.25) is 10.1 Å². The van der Waals surface area contributed by atoms with Crippen molar-refractivity contribution in [2.45, 2.75) is 25.4 Å². The maximum Gasteiger partial charge on any atom is 0.214 e. The third kappa shape index (κ3) is 2.38. The average molecular weight is 313 g/mol. The molecule has 2 atom stereocenters. The first-order valence-electron chi connectivity index (χ1n) is 7.55. The van der Waals surface area contributed by atoms with E-state index in [0.29, 0.717) is 12.1 Å². The van der Waals surface area contributed by atoms with Crippen LogP contribution in [-0.4, -0.2) is 39.1 Å². The predicted molar refractivity (Wildman–Crippen MR) is 89.4 cm³/mol. The minimum absolute atomic E-state index is 0.379. The Hall–Kier alpha value is -1.92. The number of imidazole rings is 1. The molecule has 1 fully saturated rings. The highest BCUT2D eigenvalue weighted by Crippen LogP contribution is 2.33. The van der Waals surface area contributed by atoms with E-state index < -0.39 is 0 Å². The van der Waals surface area contributed by atoms with Gasteiger partial charge in [0, 0.05) is 12.6 Å². The molecule has 6 heteroatoms. The van der Waals surface area contributed by atoms with Crippen LogP contribution in [0.4, 0.5) is 5.13 Å². The quantitative estimate of drug-likeness (QED) is 0.807. The lowest BCUT2D eigenvalue weighted by molar-refractivity contribution is 0.309. The van der Waals surface area contributed by atoms with E-state index in [0.717, 1.165) is 28.8 Å². The van der Waals surface area contributed by atoms with Crippen molar-refractivity contribution in [3.05, 3.63) is 47.8 Å². The second kappa shape index (κ2) is 5.37. The highest BCUT2D eigenvalue weighted by atomic mass is 32.1. The lowest BCUT2D eigenvalue weighted by Crippen LogP contribution is -2.29. The van der Waals surface area contributed by atoms with E-state index in [9.17, 15) is 0 Å². The van der Waals surface area contributed by atoms with Crippen molar-refractivity contribution >= 4 is 21.4 Å². The molecule has 1 aliphatic rings. The Morgan fingerprint density at radius 3 is 2.86 bits per heavy atom. The van der Waals surface area contributed by atoms with Crippen molar-refractivity contribution in [1.29, 1.82) is 0 Å². The van der Waals surface area contributed by atoms with Crippen LogP contribution in [0.5, 0.6) is 0 Å². The second-order valence-electron chi connectivity index (χ2n) is 5.89. The maximum atomic E-state index is 4.59. The van der Waals surface area contributed by atoms with Gasteiger partial charge in [0.1, 0.15) is 0 Å². The van der Waals surface area contributed by atoms with Crippen LogP contribution >= 0.6 is 11.3 Å². The van der Waals surface area contributed by atoms with Gasteiger partial charge in [-0.1, -0.05) is 41.7 Å². The summed E-state index contributed by atoms with van der Waals surface area (Å²) in [6.45, 7) is 3.09. The lowest BCUT2D eigenvalue weighted by atomic mass is 10.0. The molecule has 114 valence electrons. The molecule has 1 saturated heterocycles. The molecule has 0 spiro atoms. The van der Waals surface area contributed by atoms with Gasteiger partial charge in [-0.15, -0.1) is 5.10 Å². The Labute approximate surface area is 133 Å². The number of anilines is 1. The molecule has 2 unspecified atom stereocenters. The van der Waals surface area contributed by atoms with E-state index in [2.05, 4.69) is 57.7 Å². The van der Waals surface area contributed by atoms with Crippen LogP contribution in [0.25, 0.3) is 4.96 Å². The molecule has 0 saturated carbocycles. The third-order valence-electron chi connectivity index (χ3n) is 4.26. The van der Waals surface area contributed by atoms with Crippen molar-refractivity contribution in [3.8, 4) is 0 Å². The summed E-state index contributed by atoms with van der Waals surface area (Å²) in [6.07, 6.45) is 3.09. The Balaban J connectivity index is 1.59. The molecule has 3 aromatic rings. The molecule has 1 aliphatic heterocycles. The second-order valence-corrected chi connectivity index (χ2v) is 6.85. The zero-order valence-corrected chi connectivity index (χ0v) is 13.5. The van der Waals surface area contributed by atoms with Crippen molar-refractivity contribution < 1.29 is 0 Å². The van der Waals surface area contributed by atoms with E-state index >= 15 is 0 Å². The topological polar surface area (TPSA) is 45.5 Å². The highest BCUT2D eigenvalue weighted by Gasteiger charge is 2.33. The van der Waals surface area contributed by atoms with Gasteiger partial charge in [0.25, 0.3) is 0 Å². The van der Waals surface area contributed by atoms with E-state index in [-0.39, 0.29) is 0 Å². The summed E-state index contributed by atoms with van der Waals surface area (Å²) in [5.41, 5.74) is 2.37. The Morgan fingerprint density at radius 1 is 1.27 bits per heavy atom. The molecule has 22 heavy (non-hydrogen) atoms. The molecule has 1 N–H and O–H groups in total. The zero-order valence-electron chi connectivity index (χ0n) is 12.7. The van der Waals surface area contributed by atoms with Crippen LogP contribution in [0, 0.1) is 6.92 Å². The average Bonchev–Trinajstić information content (AvgIpc) is 3.13. The van der Waals surface area contributed by atoms with E-state index in [1.165, 1.54) is 5.56 Å². The fourth-order valence-electron chi connectivity index (χ4n) is 3.26. The van der Waals surface area contributed by atoms with Crippen LogP contribution in [0.3, 0.4) is 0 Å². The summed E-state index contributed by atoms with van der Waals surface area (Å²) >= 11 is 1.61. The van der Waals surface area contributed by atoms with Gasteiger partial charge in [0.05, 0.1) is 17.9 Å². The molecule has 0 bridgehead atoms. The Kier molecular flexibility index (Phi) is 3.35. The number of aryl methyl sites for hydroxylation is 1. The van der Waals surface area contributed by atoms with Gasteiger partial charge >= 0.3 is 0 Å². The summed E-state index contributed by atoms with van der Waals surface area (Å²) in [5, 5.41) is 9.16. The first-order valence-corrected chi connectivity index (χ1v) is 8.37. The van der Waals surface area contributed by atoms with Crippen molar-refractivity contribution in [1.82, 2.24) is 19.5 Å². The number of likely N-dealkylation sites (tertiary alicyclic amines) is 1. The number of benzene rings is 1. The third-order valence-corrected chi connectivity index (χ3v) is 5.12. The number of hydrogen-bond acceptors (Lipinski definition) is 5. The first kappa shape index (κ1) is 13.7.